The number of hydrogen-bond acceptors (Lipinski definition) is 5. The molecule has 8 heteroatoms. The zero-order valence-corrected chi connectivity index (χ0v) is 13.5. The summed E-state index contributed by atoms with van der Waals surface area (Å²) in [5, 5.41) is 7.35. The van der Waals surface area contributed by atoms with E-state index in [-0.39, 0.29) is 12.5 Å². The molecule has 0 bridgehead atoms. The van der Waals surface area contributed by atoms with Gasteiger partial charge in [-0.05, 0) is 6.07 Å². The van der Waals surface area contributed by atoms with Gasteiger partial charge in [-0.25, -0.2) is 4.98 Å². The second-order valence-electron chi connectivity index (χ2n) is 5.77. The summed E-state index contributed by atoms with van der Waals surface area (Å²) in [5.41, 5.74) is 3.26. The molecule has 2 aromatic rings. The van der Waals surface area contributed by atoms with Crippen molar-refractivity contribution >= 4 is 5.91 Å². The summed E-state index contributed by atoms with van der Waals surface area (Å²) in [5.74, 6) is -0.128. The monoisotopic (exact) mass is 318 g/mol. The van der Waals surface area contributed by atoms with E-state index in [4.69, 9.17) is 4.74 Å². The highest BCUT2D eigenvalue weighted by Gasteiger charge is 2.19. The van der Waals surface area contributed by atoms with Crippen LogP contribution in [0, 0.1) is 0 Å². The Morgan fingerprint density at radius 1 is 1.43 bits per heavy atom. The molecule has 1 N–H and O–H groups in total. The number of imidazole rings is 1. The van der Waals surface area contributed by atoms with Crippen LogP contribution in [-0.2, 0) is 42.8 Å². The maximum atomic E-state index is 11.4. The minimum absolute atomic E-state index is 0.0754. The van der Waals surface area contributed by atoms with Crippen LogP contribution < -0.4 is 5.32 Å². The van der Waals surface area contributed by atoms with Gasteiger partial charge in [0.05, 0.1) is 36.5 Å². The van der Waals surface area contributed by atoms with Gasteiger partial charge in [-0.15, -0.1) is 0 Å². The predicted octanol–water partition coefficient (Wildman–Crippen LogP) is -0.105. The van der Waals surface area contributed by atoms with E-state index in [1.165, 1.54) is 18.5 Å². The second-order valence-corrected chi connectivity index (χ2v) is 5.77. The summed E-state index contributed by atoms with van der Waals surface area (Å²) in [4.78, 5) is 18.0. The van der Waals surface area contributed by atoms with Gasteiger partial charge in [0.1, 0.15) is 6.61 Å². The number of methoxy groups -OCH3 is 1. The summed E-state index contributed by atoms with van der Waals surface area (Å²) in [7, 11) is 3.52. The Bertz CT molecular complexity index is 677. The van der Waals surface area contributed by atoms with Gasteiger partial charge in [0, 0.05) is 40.0 Å². The first-order valence-corrected chi connectivity index (χ1v) is 7.64. The number of hydrogen-bond donors (Lipinski definition) is 1. The summed E-state index contributed by atoms with van der Waals surface area (Å²) in [6.07, 6.45) is 3.73. The van der Waals surface area contributed by atoms with Gasteiger partial charge in [0.2, 0.25) is 5.91 Å². The lowest BCUT2D eigenvalue weighted by Gasteiger charge is -2.27. The molecule has 0 radical (unpaired) electrons. The van der Waals surface area contributed by atoms with E-state index in [9.17, 15) is 4.79 Å². The first kappa shape index (κ1) is 15.7. The average molecular weight is 318 g/mol. The smallest absolute Gasteiger partial charge is 0.246 e. The van der Waals surface area contributed by atoms with E-state index in [0.29, 0.717) is 6.54 Å². The normalized spacial score (nSPS) is 14.7. The number of aromatic nitrogens is 4. The molecule has 3 rings (SSSR count). The average Bonchev–Trinajstić information content (AvgIpc) is 3.11. The Hall–Kier alpha value is -2.19. The summed E-state index contributed by atoms with van der Waals surface area (Å²) < 4.78 is 8.87. The Kier molecular flexibility index (Phi) is 4.73. The number of carbonyl (C=O) groups excluding carboxylic acids is 1. The van der Waals surface area contributed by atoms with Crippen molar-refractivity contribution in [2.24, 2.45) is 7.05 Å². The number of rotatable bonds is 6. The number of carbonyl (C=O) groups is 1. The standard InChI is InChI=1S/C15H22N6O2/c1-19-11-16-7-14(19)9-20-3-4-21-13(8-20)5-12(18-21)6-17-15(22)10-23-2/h5,7,11H,3-4,6,8-10H2,1-2H3,(H,17,22). The lowest BCUT2D eigenvalue weighted by molar-refractivity contribution is -0.124. The van der Waals surface area contributed by atoms with Crippen LogP contribution in [0.25, 0.3) is 0 Å². The molecule has 1 aliphatic heterocycles. The number of ether oxygens (including phenoxy) is 1. The molecular formula is C15H22N6O2. The van der Waals surface area contributed by atoms with Gasteiger partial charge in [0.15, 0.2) is 0 Å². The van der Waals surface area contributed by atoms with Gasteiger partial charge in [0.25, 0.3) is 0 Å². The molecule has 0 atom stereocenters. The molecule has 1 aliphatic rings. The van der Waals surface area contributed by atoms with Crippen molar-refractivity contribution in [2.75, 3.05) is 20.3 Å². The van der Waals surface area contributed by atoms with E-state index in [1.54, 1.807) is 0 Å². The van der Waals surface area contributed by atoms with E-state index < -0.39 is 0 Å². The largest absolute Gasteiger partial charge is 0.375 e. The molecule has 0 spiro atoms. The van der Waals surface area contributed by atoms with Crippen LogP contribution in [0.4, 0.5) is 0 Å². The van der Waals surface area contributed by atoms with E-state index in [2.05, 4.69) is 26.4 Å². The van der Waals surface area contributed by atoms with Gasteiger partial charge >= 0.3 is 0 Å². The third-order valence-electron chi connectivity index (χ3n) is 3.97. The molecule has 124 valence electrons. The van der Waals surface area contributed by atoms with Crippen LogP contribution in [0.2, 0.25) is 0 Å². The predicted molar refractivity (Wildman–Crippen MR) is 83.3 cm³/mol. The maximum Gasteiger partial charge on any atom is 0.246 e. The Morgan fingerprint density at radius 3 is 3.04 bits per heavy atom. The van der Waals surface area contributed by atoms with Crippen LogP contribution >= 0.6 is 0 Å². The van der Waals surface area contributed by atoms with Gasteiger partial charge in [-0.3, -0.25) is 14.4 Å². The molecule has 0 unspecified atom stereocenters. The SMILES string of the molecule is COCC(=O)NCc1cc2n(n1)CCN(Cc1cncn1C)C2. The molecule has 1 amide bonds. The fraction of sp³-hybridized carbons (Fsp3) is 0.533. The second kappa shape index (κ2) is 6.93. The Labute approximate surface area is 135 Å². The zero-order valence-electron chi connectivity index (χ0n) is 13.5. The van der Waals surface area contributed by atoms with Crippen molar-refractivity contribution in [1.29, 1.82) is 0 Å². The summed E-state index contributed by atoms with van der Waals surface area (Å²) in [6, 6.07) is 2.06. The number of nitrogens with zero attached hydrogens (tertiary/aromatic N) is 5. The molecule has 23 heavy (non-hydrogen) atoms. The van der Waals surface area contributed by atoms with E-state index in [1.807, 2.05) is 28.8 Å². The summed E-state index contributed by atoms with van der Waals surface area (Å²) >= 11 is 0. The molecule has 0 saturated heterocycles. The third-order valence-corrected chi connectivity index (χ3v) is 3.97. The number of fused-ring (bicyclic) bond motifs is 1. The van der Waals surface area contributed by atoms with Gasteiger partial charge in [-0.1, -0.05) is 0 Å². The van der Waals surface area contributed by atoms with Crippen LogP contribution in [-0.4, -0.2) is 50.4 Å². The molecule has 0 saturated carbocycles. The molecule has 3 heterocycles. The molecule has 8 nitrogen and oxygen atoms in total. The first-order valence-electron chi connectivity index (χ1n) is 7.64. The molecule has 0 aromatic carbocycles. The van der Waals surface area contributed by atoms with E-state index in [0.717, 1.165) is 31.9 Å². The molecule has 0 aliphatic carbocycles. The van der Waals surface area contributed by atoms with Crippen LogP contribution in [0.5, 0.6) is 0 Å². The quantitative estimate of drug-likeness (QED) is 0.804. The fourth-order valence-electron chi connectivity index (χ4n) is 2.74. The van der Waals surface area contributed by atoms with Crippen LogP contribution in [0.15, 0.2) is 18.6 Å². The van der Waals surface area contributed by atoms with Crippen molar-refractivity contribution in [3.63, 3.8) is 0 Å². The van der Waals surface area contributed by atoms with Crippen molar-refractivity contribution in [3.05, 3.63) is 35.7 Å². The summed E-state index contributed by atoms with van der Waals surface area (Å²) in [6.45, 7) is 4.05. The minimum Gasteiger partial charge on any atom is -0.375 e. The van der Waals surface area contributed by atoms with Crippen LogP contribution in [0.3, 0.4) is 0 Å². The Morgan fingerprint density at radius 2 is 2.30 bits per heavy atom. The number of nitrogens with one attached hydrogen (secondary N) is 1. The van der Waals surface area contributed by atoms with Crippen LogP contribution in [0.1, 0.15) is 17.1 Å². The number of amides is 1. The highest BCUT2D eigenvalue weighted by atomic mass is 16.5. The molecule has 0 fully saturated rings. The zero-order chi connectivity index (χ0) is 16.2. The highest BCUT2D eigenvalue weighted by molar-refractivity contribution is 5.77. The van der Waals surface area contributed by atoms with Crippen molar-refractivity contribution in [1.82, 2.24) is 29.5 Å². The van der Waals surface area contributed by atoms with E-state index >= 15 is 0 Å². The first-order chi connectivity index (χ1) is 11.2. The lowest BCUT2D eigenvalue weighted by Crippen LogP contribution is -2.33. The minimum atomic E-state index is -0.128. The van der Waals surface area contributed by atoms with Crippen molar-refractivity contribution < 1.29 is 9.53 Å². The maximum absolute atomic E-state index is 11.4. The topological polar surface area (TPSA) is 77.2 Å². The molecular weight excluding hydrogens is 296 g/mol. The van der Waals surface area contributed by atoms with Gasteiger partial charge in [-0.2, -0.15) is 5.10 Å². The molecule has 2 aromatic heterocycles. The van der Waals surface area contributed by atoms with Crippen molar-refractivity contribution in [2.45, 2.75) is 26.2 Å². The highest BCUT2D eigenvalue weighted by Crippen LogP contribution is 2.16. The van der Waals surface area contributed by atoms with Crippen molar-refractivity contribution in [3.8, 4) is 0 Å². The lowest BCUT2D eigenvalue weighted by atomic mass is 10.2. The van der Waals surface area contributed by atoms with Gasteiger partial charge < -0.3 is 14.6 Å². The third kappa shape index (κ3) is 3.77. The fourth-order valence-corrected chi connectivity index (χ4v) is 2.74. The Balaban J connectivity index is 1.58. The number of aryl methyl sites for hydroxylation is 1.